The van der Waals surface area contributed by atoms with E-state index in [0.29, 0.717) is 27.1 Å². The highest BCUT2D eigenvalue weighted by Crippen LogP contribution is 2.28. The SMILES string of the molecule is O=C([O-])Cc1c(C(=O)c2ccc(-c3nccs3)cc2)[nH]c2cc(Cl)ccc12. The molecule has 0 amide bonds. The third-order valence-electron chi connectivity index (χ3n) is 4.24. The lowest BCUT2D eigenvalue weighted by Crippen LogP contribution is -2.25. The van der Waals surface area contributed by atoms with Gasteiger partial charge in [0.2, 0.25) is 5.78 Å². The van der Waals surface area contributed by atoms with Crippen LogP contribution in [0, 0.1) is 0 Å². The smallest absolute Gasteiger partial charge is 0.209 e. The van der Waals surface area contributed by atoms with E-state index in [2.05, 4.69) is 9.97 Å². The summed E-state index contributed by atoms with van der Waals surface area (Å²) in [6.45, 7) is 0. The molecule has 4 aromatic rings. The van der Waals surface area contributed by atoms with Crippen molar-refractivity contribution in [3.8, 4) is 10.6 Å². The van der Waals surface area contributed by atoms with Crippen LogP contribution >= 0.6 is 22.9 Å². The number of aliphatic carboxylic acids is 1. The van der Waals surface area contributed by atoms with Crippen molar-refractivity contribution < 1.29 is 14.7 Å². The van der Waals surface area contributed by atoms with Crippen LogP contribution in [0.4, 0.5) is 0 Å². The first-order valence-electron chi connectivity index (χ1n) is 8.07. The normalized spacial score (nSPS) is 11.0. The maximum absolute atomic E-state index is 13.0. The number of carboxylic acid groups (broad SMARTS) is 1. The van der Waals surface area contributed by atoms with Crippen molar-refractivity contribution in [1.29, 1.82) is 0 Å². The minimum absolute atomic E-state index is 0.235. The second kappa shape index (κ2) is 6.98. The highest BCUT2D eigenvalue weighted by atomic mass is 35.5. The standard InChI is InChI=1S/C20H13ClN2O3S/c21-13-5-6-14-15(10-17(24)25)18(23-16(14)9-13)19(26)11-1-3-12(4-2-11)20-22-7-8-27-20/h1-9,23H,10H2,(H,24,25)/p-1. The quantitative estimate of drug-likeness (QED) is 0.524. The number of ketones is 1. The van der Waals surface area contributed by atoms with Gasteiger partial charge in [-0.15, -0.1) is 11.3 Å². The number of H-pyrrole nitrogens is 1. The van der Waals surface area contributed by atoms with Crippen molar-refractivity contribution in [2.24, 2.45) is 0 Å². The summed E-state index contributed by atoms with van der Waals surface area (Å²) in [4.78, 5) is 31.5. The summed E-state index contributed by atoms with van der Waals surface area (Å²) >= 11 is 7.52. The molecule has 1 N–H and O–H groups in total. The van der Waals surface area contributed by atoms with Crippen molar-refractivity contribution in [2.75, 3.05) is 0 Å². The molecule has 27 heavy (non-hydrogen) atoms. The number of hydrogen-bond donors (Lipinski definition) is 1. The van der Waals surface area contributed by atoms with E-state index in [0.717, 1.165) is 10.6 Å². The number of carboxylic acids is 1. The average molecular weight is 396 g/mol. The monoisotopic (exact) mass is 395 g/mol. The maximum atomic E-state index is 13.0. The molecule has 0 spiro atoms. The molecular formula is C20H12ClN2O3S-. The fourth-order valence-electron chi connectivity index (χ4n) is 3.02. The minimum Gasteiger partial charge on any atom is -0.550 e. The first-order chi connectivity index (χ1) is 13.0. The molecule has 0 saturated carbocycles. The molecule has 4 rings (SSSR count). The van der Waals surface area contributed by atoms with Gasteiger partial charge in [0.05, 0.1) is 5.69 Å². The van der Waals surface area contributed by atoms with Crippen molar-refractivity contribution in [3.05, 3.63) is 75.9 Å². The van der Waals surface area contributed by atoms with Gasteiger partial charge in [-0.2, -0.15) is 0 Å². The van der Waals surface area contributed by atoms with Gasteiger partial charge in [0.25, 0.3) is 0 Å². The number of aromatic nitrogens is 2. The first-order valence-corrected chi connectivity index (χ1v) is 9.33. The van der Waals surface area contributed by atoms with E-state index < -0.39 is 5.97 Å². The number of benzene rings is 2. The second-order valence-electron chi connectivity index (χ2n) is 5.96. The van der Waals surface area contributed by atoms with E-state index in [1.165, 1.54) is 11.3 Å². The zero-order chi connectivity index (χ0) is 19.0. The Hall–Kier alpha value is -2.96. The number of fused-ring (bicyclic) bond motifs is 1. The number of thiazole rings is 1. The summed E-state index contributed by atoms with van der Waals surface area (Å²) in [5, 5.41) is 15.1. The first kappa shape index (κ1) is 17.5. The van der Waals surface area contributed by atoms with E-state index in [1.54, 1.807) is 36.5 Å². The summed E-state index contributed by atoms with van der Waals surface area (Å²) in [6.07, 6.45) is 1.36. The Morgan fingerprint density at radius 3 is 2.59 bits per heavy atom. The van der Waals surface area contributed by atoms with E-state index in [-0.39, 0.29) is 17.9 Å². The predicted molar refractivity (Wildman–Crippen MR) is 103 cm³/mol. The van der Waals surface area contributed by atoms with Gasteiger partial charge < -0.3 is 14.9 Å². The van der Waals surface area contributed by atoms with Gasteiger partial charge in [0.1, 0.15) is 5.01 Å². The van der Waals surface area contributed by atoms with Gasteiger partial charge >= 0.3 is 0 Å². The molecule has 0 aliphatic carbocycles. The van der Waals surface area contributed by atoms with Crippen molar-refractivity contribution >= 4 is 45.6 Å². The molecular weight excluding hydrogens is 384 g/mol. The fraction of sp³-hybridized carbons (Fsp3) is 0.0500. The number of rotatable bonds is 5. The maximum Gasteiger partial charge on any atom is 0.209 e. The lowest BCUT2D eigenvalue weighted by atomic mass is 10.0. The predicted octanol–water partition coefficient (Wildman–Crippen LogP) is 3.47. The summed E-state index contributed by atoms with van der Waals surface area (Å²) < 4.78 is 0. The number of nitrogens with zero attached hydrogens (tertiary/aromatic N) is 1. The van der Waals surface area contributed by atoms with E-state index >= 15 is 0 Å². The average Bonchev–Trinajstić information content (AvgIpc) is 3.29. The molecule has 2 aromatic heterocycles. The van der Waals surface area contributed by atoms with Crippen LogP contribution in [-0.2, 0) is 11.2 Å². The van der Waals surface area contributed by atoms with Crippen molar-refractivity contribution in [2.45, 2.75) is 6.42 Å². The van der Waals surface area contributed by atoms with Gasteiger partial charge in [-0.05, 0) is 17.7 Å². The van der Waals surface area contributed by atoms with E-state index in [9.17, 15) is 14.7 Å². The van der Waals surface area contributed by atoms with Gasteiger partial charge in [0.15, 0.2) is 0 Å². The third kappa shape index (κ3) is 3.37. The number of hydrogen-bond acceptors (Lipinski definition) is 5. The molecule has 0 bridgehead atoms. The third-order valence-corrected chi connectivity index (χ3v) is 5.30. The number of aromatic amines is 1. The molecule has 2 heterocycles. The van der Waals surface area contributed by atoms with Crippen LogP contribution in [0.25, 0.3) is 21.5 Å². The Morgan fingerprint density at radius 1 is 1.15 bits per heavy atom. The van der Waals surface area contributed by atoms with Crippen LogP contribution in [0.3, 0.4) is 0 Å². The Labute approximate surface area is 163 Å². The Balaban J connectivity index is 1.76. The summed E-state index contributed by atoms with van der Waals surface area (Å²) in [7, 11) is 0. The van der Waals surface area contributed by atoms with Crippen LogP contribution in [0.1, 0.15) is 21.6 Å². The van der Waals surface area contributed by atoms with Gasteiger partial charge in [-0.1, -0.05) is 41.9 Å². The zero-order valence-corrected chi connectivity index (χ0v) is 15.4. The summed E-state index contributed by atoms with van der Waals surface area (Å²) in [5.41, 5.74) is 2.61. The number of carbonyl (C=O) groups is 2. The molecule has 0 radical (unpaired) electrons. The molecule has 0 fully saturated rings. The van der Waals surface area contributed by atoms with Gasteiger partial charge in [-0.25, -0.2) is 4.98 Å². The molecule has 0 aliphatic rings. The molecule has 134 valence electrons. The molecule has 7 heteroatoms. The molecule has 0 aliphatic heterocycles. The van der Waals surface area contributed by atoms with Crippen LogP contribution in [0.5, 0.6) is 0 Å². The highest BCUT2D eigenvalue weighted by molar-refractivity contribution is 7.13. The fourth-order valence-corrected chi connectivity index (χ4v) is 3.84. The van der Waals surface area contributed by atoms with Crippen LogP contribution < -0.4 is 5.11 Å². The molecule has 2 aromatic carbocycles. The largest absolute Gasteiger partial charge is 0.550 e. The van der Waals surface area contributed by atoms with Crippen LogP contribution in [-0.4, -0.2) is 21.7 Å². The molecule has 5 nitrogen and oxygen atoms in total. The minimum atomic E-state index is -1.25. The molecule has 0 atom stereocenters. The van der Waals surface area contributed by atoms with Crippen LogP contribution in [0.15, 0.2) is 54.0 Å². The number of carbonyl (C=O) groups excluding carboxylic acids is 2. The lowest BCUT2D eigenvalue weighted by Gasteiger charge is -2.06. The zero-order valence-electron chi connectivity index (χ0n) is 13.9. The van der Waals surface area contributed by atoms with Crippen LogP contribution in [0.2, 0.25) is 5.02 Å². The van der Waals surface area contributed by atoms with Gasteiger partial charge in [0, 0.05) is 51.0 Å². The highest BCUT2D eigenvalue weighted by Gasteiger charge is 2.19. The Kier molecular flexibility index (Phi) is 4.51. The number of halogens is 1. The number of nitrogens with one attached hydrogen (secondary N) is 1. The van der Waals surface area contributed by atoms with Crippen molar-refractivity contribution in [1.82, 2.24) is 9.97 Å². The lowest BCUT2D eigenvalue weighted by molar-refractivity contribution is -0.304. The topological polar surface area (TPSA) is 85.9 Å². The van der Waals surface area contributed by atoms with Crippen molar-refractivity contribution in [3.63, 3.8) is 0 Å². The van der Waals surface area contributed by atoms with Gasteiger partial charge in [-0.3, -0.25) is 4.79 Å². The molecule has 0 saturated heterocycles. The second-order valence-corrected chi connectivity index (χ2v) is 7.29. The summed E-state index contributed by atoms with van der Waals surface area (Å²) in [5.74, 6) is -1.54. The Bertz CT molecular complexity index is 1150. The van der Waals surface area contributed by atoms with E-state index in [4.69, 9.17) is 11.6 Å². The van der Waals surface area contributed by atoms with E-state index in [1.807, 2.05) is 17.5 Å². The Morgan fingerprint density at radius 2 is 1.93 bits per heavy atom. The summed E-state index contributed by atoms with van der Waals surface area (Å²) in [6, 6.07) is 12.1. The molecule has 0 unspecified atom stereocenters.